The van der Waals surface area contributed by atoms with Gasteiger partial charge in [-0.2, -0.15) is 0 Å². The van der Waals surface area contributed by atoms with Gasteiger partial charge in [0.1, 0.15) is 18.2 Å². The zero-order valence-corrected chi connectivity index (χ0v) is 18.2. The maximum atomic E-state index is 14.7. The molecule has 0 aliphatic carbocycles. The fourth-order valence-corrected chi connectivity index (χ4v) is 3.29. The van der Waals surface area contributed by atoms with Crippen LogP contribution in [-0.2, 0) is 6.54 Å². The maximum absolute atomic E-state index is 14.7. The summed E-state index contributed by atoms with van der Waals surface area (Å²) in [6.45, 7) is -0.968. The number of halogens is 5. The van der Waals surface area contributed by atoms with Gasteiger partial charge in [-0.05, 0) is 35.9 Å². The Hall–Kier alpha value is -3.37. The summed E-state index contributed by atoms with van der Waals surface area (Å²) in [5.74, 6) is -1.50. The zero-order valence-electron chi connectivity index (χ0n) is 16.7. The van der Waals surface area contributed by atoms with Crippen molar-refractivity contribution in [2.75, 3.05) is 6.61 Å². The summed E-state index contributed by atoms with van der Waals surface area (Å²) < 4.78 is 49.9. The predicted molar refractivity (Wildman–Crippen MR) is 117 cm³/mol. The Morgan fingerprint density at radius 1 is 1.15 bits per heavy atom. The second-order valence-electron chi connectivity index (χ2n) is 6.56. The van der Waals surface area contributed by atoms with Gasteiger partial charge in [0.2, 0.25) is 5.96 Å². The molecule has 0 aliphatic heterocycles. The number of alkyl halides is 2. The summed E-state index contributed by atoms with van der Waals surface area (Å²) >= 11 is 12.1. The van der Waals surface area contributed by atoms with Crippen molar-refractivity contribution < 1.29 is 27.1 Å². The number of benzene rings is 2. The molecule has 2 aromatic carbocycles. The van der Waals surface area contributed by atoms with Crippen molar-refractivity contribution in [2.45, 2.75) is 13.0 Å². The summed E-state index contributed by atoms with van der Waals surface area (Å²) in [5.41, 5.74) is 5.33. The van der Waals surface area contributed by atoms with Crippen LogP contribution in [0.15, 0.2) is 53.1 Å². The minimum Gasteiger partial charge on any atom is -0.485 e. The standard InChI is InChI=1S/C21H17Cl2F3N4O3/c22-13-7-14(19(15(23)8-13)33-10-18(25)26)11-3-4-12(16(24)6-11)9-28-21(27)30-29-20(31)17-2-1-5-32-17/h1-8,18H,9-10H2,(H,29,31)(H3,27,28,30). The number of carbonyl (C=O) groups is 1. The van der Waals surface area contributed by atoms with Crippen molar-refractivity contribution in [3.63, 3.8) is 0 Å². The van der Waals surface area contributed by atoms with E-state index >= 15 is 0 Å². The van der Waals surface area contributed by atoms with Crippen molar-refractivity contribution in [1.82, 2.24) is 16.2 Å². The highest BCUT2D eigenvalue weighted by molar-refractivity contribution is 6.36. The molecule has 0 saturated carbocycles. The molecule has 3 aromatic rings. The molecule has 0 saturated heterocycles. The van der Waals surface area contributed by atoms with Gasteiger partial charge in [0.25, 0.3) is 6.43 Å². The van der Waals surface area contributed by atoms with E-state index in [0.717, 1.165) is 0 Å². The van der Waals surface area contributed by atoms with Crippen LogP contribution in [-0.4, -0.2) is 24.9 Å². The Labute approximate surface area is 196 Å². The lowest BCUT2D eigenvalue weighted by molar-refractivity contribution is 0.0822. The van der Waals surface area contributed by atoms with Gasteiger partial charge in [-0.1, -0.05) is 35.3 Å². The lowest BCUT2D eigenvalue weighted by Gasteiger charge is -2.15. The number of hydrogen-bond acceptors (Lipinski definition) is 4. The first-order chi connectivity index (χ1) is 15.7. The van der Waals surface area contributed by atoms with E-state index in [1.54, 1.807) is 0 Å². The molecular formula is C21H17Cl2F3N4O3. The smallest absolute Gasteiger partial charge is 0.305 e. The van der Waals surface area contributed by atoms with Gasteiger partial charge >= 0.3 is 5.91 Å². The second-order valence-corrected chi connectivity index (χ2v) is 7.40. The van der Waals surface area contributed by atoms with Gasteiger partial charge in [0.15, 0.2) is 5.76 Å². The van der Waals surface area contributed by atoms with Crippen LogP contribution in [0.4, 0.5) is 13.2 Å². The van der Waals surface area contributed by atoms with Crippen molar-refractivity contribution >= 4 is 35.1 Å². The first-order valence-corrected chi connectivity index (χ1v) is 10.1. The molecule has 33 heavy (non-hydrogen) atoms. The van der Waals surface area contributed by atoms with E-state index < -0.39 is 24.8 Å². The van der Waals surface area contributed by atoms with Gasteiger partial charge in [-0.25, -0.2) is 13.2 Å². The number of carbonyl (C=O) groups excluding carboxylic acids is 1. The molecule has 0 bridgehead atoms. The Kier molecular flexibility index (Phi) is 8.07. The van der Waals surface area contributed by atoms with Crippen molar-refractivity contribution in [3.05, 3.63) is 75.9 Å². The van der Waals surface area contributed by atoms with E-state index in [1.165, 1.54) is 48.7 Å². The second kappa shape index (κ2) is 11.0. The molecule has 0 radical (unpaired) electrons. The number of nitrogens with one attached hydrogen (secondary N) is 4. The molecule has 0 unspecified atom stereocenters. The number of hydrogen-bond donors (Lipinski definition) is 4. The van der Waals surface area contributed by atoms with Crippen LogP contribution in [0.2, 0.25) is 10.0 Å². The molecule has 0 spiro atoms. The van der Waals surface area contributed by atoms with Crippen LogP contribution in [0.1, 0.15) is 16.1 Å². The Morgan fingerprint density at radius 3 is 2.61 bits per heavy atom. The van der Waals surface area contributed by atoms with Crippen molar-refractivity contribution in [2.24, 2.45) is 0 Å². The monoisotopic (exact) mass is 500 g/mol. The fourth-order valence-electron chi connectivity index (χ4n) is 2.74. The van der Waals surface area contributed by atoms with E-state index in [9.17, 15) is 18.0 Å². The molecule has 1 amide bonds. The Morgan fingerprint density at radius 2 is 1.94 bits per heavy atom. The Bertz CT molecular complexity index is 1140. The van der Waals surface area contributed by atoms with E-state index in [4.69, 9.17) is 37.8 Å². The summed E-state index contributed by atoms with van der Waals surface area (Å²) in [5, 5.41) is 10.6. The molecule has 0 fully saturated rings. The third-order valence-corrected chi connectivity index (χ3v) is 4.73. The third-order valence-electron chi connectivity index (χ3n) is 4.23. The van der Waals surface area contributed by atoms with Gasteiger partial charge in [-0.3, -0.25) is 21.1 Å². The number of ether oxygens (including phenoxy) is 1. The van der Waals surface area contributed by atoms with E-state index in [1.807, 2.05) is 0 Å². The summed E-state index contributed by atoms with van der Waals surface area (Å²) in [6, 6.07) is 9.90. The van der Waals surface area contributed by atoms with Crippen LogP contribution < -0.4 is 20.9 Å². The van der Waals surface area contributed by atoms with Crippen molar-refractivity contribution in [3.8, 4) is 16.9 Å². The maximum Gasteiger partial charge on any atom is 0.305 e. The fraction of sp³-hybridized carbons (Fsp3) is 0.143. The van der Waals surface area contributed by atoms with Crippen LogP contribution in [0.5, 0.6) is 5.75 Å². The largest absolute Gasteiger partial charge is 0.485 e. The summed E-state index contributed by atoms with van der Waals surface area (Å²) in [6.07, 6.45) is -1.39. The first-order valence-electron chi connectivity index (χ1n) is 9.35. The van der Waals surface area contributed by atoms with Crippen molar-refractivity contribution in [1.29, 1.82) is 5.41 Å². The molecule has 7 nitrogen and oxygen atoms in total. The third kappa shape index (κ3) is 6.56. The molecule has 0 aliphatic rings. The van der Waals surface area contributed by atoms with E-state index in [0.29, 0.717) is 5.56 Å². The van der Waals surface area contributed by atoms with Crippen LogP contribution in [0.25, 0.3) is 11.1 Å². The lowest BCUT2D eigenvalue weighted by atomic mass is 10.0. The number of amides is 1. The number of furan rings is 1. The average Bonchev–Trinajstić information content (AvgIpc) is 3.30. The number of hydrazine groups is 1. The molecule has 3 rings (SSSR count). The highest BCUT2D eigenvalue weighted by Crippen LogP contribution is 2.39. The molecule has 1 heterocycles. The van der Waals surface area contributed by atoms with Gasteiger partial charge in [0, 0.05) is 22.7 Å². The normalized spacial score (nSPS) is 10.7. The van der Waals surface area contributed by atoms with Crippen LogP contribution >= 0.6 is 23.2 Å². The summed E-state index contributed by atoms with van der Waals surface area (Å²) in [4.78, 5) is 11.7. The highest BCUT2D eigenvalue weighted by Gasteiger charge is 2.16. The molecule has 4 N–H and O–H groups in total. The van der Waals surface area contributed by atoms with Crippen LogP contribution in [0, 0.1) is 11.2 Å². The zero-order chi connectivity index (χ0) is 24.0. The molecule has 0 atom stereocenters. The minimum absolute atomic E-state index is 0.0143. The van der Waals surface area contributed by atoms with Crippen LogP contribution in [0.3, 0.4) is 0 Å². The quantitative estimate of drug-likeness (QED) is 0.208. The molecule has 12 heteroatoms. The SMILES string of the molecule is N=C(NCc1ccc(-c2cc(Cl)cc(Cl)c2OCC(F)F)cc1F)NNC(=O)c1ccco1. The van der Waals surface area contributed by atoms with Gasteiger partial charge in [-0.15, -0.1) is 0 Å². The lowest BCUT2D eigenvalue weighted by Crippen LogP contribution is -2.47. The van der Waals surface area contributed by atoms with Gasteiger partial charge < -0.3 is 14.5 Å². The minimum atomic E-state index is -2.72. The number of rotatable bonds is 7. The molecule has 174 valence electrons. The highest BCUT2D eigenvalue weighted by atomic mass is 35.5. The average molecular weight is 501 g/mol. The summed E-state index contributed by atoms with van der Waals surface area (Å²) in [7, 11) is 0. The Balaban J connectivity index is 1.66. The topological polar surface area (TPSA) is 99.4 Å². The van der Waals surface area contributed by atoms with Gasteiger partial charge in [0.05, 0.1) is 11.3 Å². The number of guanidine groups is 1. The van der Waals surface area contributed by atoms with E-state index in [-0.39, 0.29) is 45.2 Å². The first kappa shape index (κ1) is 24.3. The molecular weight excluding hydrogens is 484 g/mol. The van der Waals surface area contributed by atoms with E-state index in [2.05, 4.69) is 16.2 Å². The predicted octanol–water partition coefficient (Wildman–Crippen LogP) is 5.00. The molecule has 1 aromatic heterocycles.